The Hall–Kier alpha value is -12.1. The van der Waals surface area contributed by atoms with E-state index in [1.54, 1.807) is 0 Å². The fraction of sp³-hybridized carbons (Fsp3) is 0.558. The highest BCUT2D eigenvalue weighted by atomic mass is 16.2. The average molecular weight is 1770 g/mol. The molecule has 12 atom stereocenters. The Bertz CT molecular complexity index is 4610. The summed E-state index contributed by atoms with van der Waals surface area (Å²) in [5.74, 6) is -7.76. The molecule has 2 aliphatic carbocycles. The van der Waals surface area contributed by atoms with Crippen molar-refractivity contribution in [2.75, 3.05) is 39.3 Å². The van der Waals surface area contributed by atoms with Crippen LogP contribution in [0.1, 0.15) is 210 Å². The number of amides is 12. The molecule has 4 saturated heterocycles. The van der Waals surface area contributed by atoms with Crippen LogP contribution in [-0.4, -0.2) is 209 Å². The van der Waals surface area contributed by atoms with E-state index in [9.17, 15) is 67.1 Å². The number of carbonyl (C=O) groups is 14. The van der Waals surface area contributed by atoms with Crippen LogP contribution in [0.5, 0.6) is 0 Å². The van der Waals surface area contributed by atoms with Gasteiger partial charge in [0.15, 0.2) is 23.5 Å². The molecule has 1 aromatic heterocycles. The zero-order valence-corrected chi connectivity index (χ0v) is 73.4. The molecule has 33 heteroatoms. The van der Waals surface area contributed by atoms with Crippen LogP contribution in [0.15, 0.2) is 131 Å². The van der Waals surface area contributed by atoms with Crippen molar-refractivity contribution in [3.8, 4) is 0 Å². The number of rotatable bonds is 26. The minimum absolute atomic E-state index is 0. The fourth-order valence-electron chi connectivity index (χ4n) is 18.4. The third-order valence-electron chi connectivity index (χ3n) is 25.1. The number of hydrogen-bond acceptors (Lipinski definition) is 16. The van der Waals surface area contributed by atoms with Crippen molar-refractivity contribution in [3.05, 3.63) is 144 Å². The molecule has 6 aliphatic rings. The Balaban J connectivity index is 0.000000287. The number of aliphatic imine (C=N–C) groups is 2. The highest BCUT2D eigenvalue weighted by molar-refractivity contribution is 6.00. The number of aromatic amines is 1. The number of hydrogen-bond donors (Lipinski definition) is 15. The van der Waals surface area contributed by atoms with Gasteiger partial charge >= 0.3 is 0 Å². The maximum Gasteiger partial charge on any atom is 0.245 e. The predicted molar refractivity (Wildman–Crippen MR) is 488 cm³/mol. The maximum absolute atomic E-state index is 14.6. The van der Waals surface area contributed by atoms with Crippen LogP contribution in [0.3, 0.4) is 0 Å². The number of Topliss-reactive ketones (excluding diaryl/α,β-unsaturated/α-hetero) is 2. The molecular formula is C95H135N19O14. The lowest BCUT2D eigenvalue weighted by atomic mass is 9.84. The molecular weight excluding hydrogens is 1630 g/mol. The molecule has 33 nitrogen and oxygen atoms in total. The number of nitrogens with one attached hydrogen (secondary N) is 11. The summed E-state index contributed by atoms with van der Waals surface area (Å²) >= 11 is 0. The molecule has 694 valence electrons. The third-order valence-corrected chi connectivity index (χ3v) is 25.1. The van der Waals surface area contributed by atoms with Gasteiger partial charge in [0.25, 0.3) is 0 Å². The molecule has 11 rings (SSSR count). The minimum Gasteiger partial charge on any atom is -0.370 e. The molecule has 4 aromatic carbocycles. The van der Waals surface area contributed by atoms with Crippen molar-refractivity contribution in [1.29, 1.82) is 0 Å². The summed E-state index contributed by atoms with van der Waals surface area (Å²) in [6.07, 6.45) is 16.5. The molecule has 6 fully saturated rings. The van der Waals surface area contributed by atoms with Crippen molar-refractivity contribution in [2.45, 2.75) is 274 Å². The van der Waals surface area contributed by atoms with Crippen LogP contribution < -0.4 is 76.1 Å². The predicted octanol–water partition coefficient (Wildman–Crippen LogP) is 4.98. The largest absolute Gasteiger partial charge is 0.370 e. The number of aromatic nitrogens is 1. The van der Waals surface area contributed by atoms with Crippen LogP contribution in [0.25, 0.3) is 10.9 Å². The van der Waals surface area contributed by atoms with E-state index < -0.39 is 131 Å². The zero-order valence-electron chi connectivity index (χ0n) is 73.4. The van der Waals surface area contributed by atoms with Gasteiger partial charge in [0.05, 0.1) is 12.1 Å². The van der Waals surface area contributed by atoms with E-state index in [2.05, 4.69) is 68.1 Å². The highest BCUT2D eigenvalue weighted by Gasteiger charge is 2.44. The maximum atomic E-state index is 14.6. The van der Waals surface area contributed by atoms with Gasteiger partial charge < -0.3 is 90.9 Å². The molecule has 0 radical (unpaired) electrons. The van der Waals surface area contributed by atoms with E-state index in [0.717, 1.165) is 97.4 Å². The standard InChI is InChI=1S/C48H66N10O7.C46H65N9O7.CH4/c1-30(59)54-39(25-31-13-4-2-5-14-31)44(62)55-37-20-11-22-51-43(61)33(17-10-23-52-48(49)50)28-42(60)38(27-34-29-53-36-19-9-8-18-35(34)36)56-45(63)40(26-32-15-6-3-7-16-32)57-46(64)41-21-12-24-58(41)47(37)65;1-30(56)51-37(27-32-16-7-3-8-17-32)42(59)52-35-21-12-23-49-41(58)34(20-11-24-50-46(47)48)29-40(57)36(26-31-14-5-2-6-15-31)53-43(60)38(28-33-18-9-4-10-19-33)54-44(61)39-22-13-25-55(39)45(35)62;/h2,4-5,8-9,13-14,18-19,29,32-33,37-41,53H,3,6-7,10-12,15-17,20-28H2,1H3,(H,51,61)(H,54,59)(H,55,62)(H,56,63)(H,57,64)(H4,49,50,52);2-3,5-8,14-17,33-39H,4,9-13,18-29H2,1H3,(H,49,58)(H,51,56)(H,52,59)(H,53,60)(H,54,61)(H4,47,48,50);1H4/t33-,37+,38+,39+,40-,41+;34-,35+,36+,37+,38-,39+;/m11./s1. The first kappa shape index (κ1) is 99.7. The fourth-order valence-corrected chi connectivity index (χ4v) is 18.4. The van der Waals surface area contributed by atoms with E-state index in [-0.39, 0.29) is 171 Å². The highest BCUT2D eigenvalue weighted by Crippen LogP contribution is 2.32. The number of guanidine groups is 2. The Kier molecular flexibility index (Phi) is 39.8. The number of nitrogens with two attached hydrogens (primary N) is 4. The monoisotopic (exact) mass is 1770 g/mol. The van der Waals surface area contributed by atoms with Gasteiger partial charge in [0.1, 0.15) is 48.3 Å². The van der Waals surface area contributed by atoms with Crippen LogP contribution in [-0.2, 0) is 92.8 Å². The van der Waals surface area contributed by atoms with Gasteiger partial charge in [-0.25, -0.2) is 0 Å². The second-order valence-corrected chi connectivity index (χ2v) is 34.9. The summed E-state index contributed by atoms with van der Waals surface area (Å²) < 4.78 is 0. The first-order valence-corrected chi connectivity index (χ1v) is 45.6. The van der Waals surface area contributed by atoms with Gasteiger partial charge in [0.2, 0.25) is 70.9 Å². The Morgan fingerprint density at radius 2 is 0.828 bits per heavy atom. The summed E-state index contributed by atoms with van der Waals surface area (Å²) in [5, 5.41) is 30.0. The van der Waals surface area contributed by atoms with Crippen molar-refractivity contribution in [3.63, 3.8) is 0 Å². The Labute approximate surface area is 750 Å². The van der Waals surface area contributed by atoms with Crippen LogP contribution in [0.2, 0.25) is 0 Å². The molecule has 12 amide bonds. The van der Waals surface area contributed by atoms with E-state index in [1.807, 2.05) is 121 Å². The number of fused-ring (bicyclic) bond motifs is 3. The smallest absolute Gasteiger partial charge is 0.245 e. The Morgan fingerprint density at radius 3 is 1.24 bits per heavy atom. The van der Waals surface area contributed by atoms with Gasteiger partial charge in [-0.15, -0.1) is 0 Å². The molecule has 0 spiro atoms. The number of H-pyrrole nitrogens is 1. The van der Waals surface area contributed by atoms with E-state index in [4.69, 9.17) is 22.9 Å². The summed E-state index contributed by atoms with van der Waals surface area (Å²) in [6, 6.07) is 25.3. The second-order valence-electron chi connectivity index (χ2n) is 34.9. The van der Waals surface area contributed by atoms with Gasteiger partial charge in [0, 0.05) is 114 Å². The lowest BCUT2D eigenvalue weighted by Gasteiger charge is -2.32. The van der Waals surface area contributed by atoms with Crippen molar-refractivity contribution < 1.29 is 67.1 Å². The molecule has 2 saturated carbocycles. The van der Waals surface area contributed by atoms with Gasteiger partial charge in [-0.2, -0.15) is 0 Å². The van der Waals surface area contributed by atoms with Crippen LogP contribution in [0.4, 0.5) is 0 Å². The molecule has 5 aromatic rings. The quantitative estimate of drug-likeness (QED) is 0.0197. The van der Waals surface area contributed by atoms with Gasteiger partial charge in [-0.05, 0) is 136 Å². The average Bonchev–Trinajstić information content (AvgIpc) is 1.79. The first-order valence-electron chi connectivity index (χ1n) is 45.6. The molecule has 0 unspecified atom stereocenters. The lowest BCUT2D eigenvalue weighted by Crippen LogP contribution is -2.59. The minimum atomic E-state index is -1.11. The number of nitrogens with zero attached hydrogens (tertiary/aromatic N) is 4. The van der Waals surface area contributed by atoms with Crippen LogP contribution >= 0.6 is 0 Å². The topological polar surface area (TPSA) is 510 Å². The zero-order chi connectivity index (χ0) is 90.7. The molecule has 128 heavy (non-hydrogen) atoms. The third kappa shape index (κ3) is 31.2. The summed E-state index contributed by atoms with van der Waals surface area (Å²) in [7, 11) is 0. The lowest BCUT2D eigenvalue weighted by molar-refractivity contribution is -0.143. The molecule has 4 aliphatic heterocycles. The van der Waals surface area contributed by atoms with E-state index in [1.165, 1.54) is 23.6 Å². The molecule has 0 bridgehead atoms. The van der Waals surface area contributed by atoms with Crippen molar-refractivity contribution >= 4 is 105 Å². The van der Waals surface area contributed by atoms with E-state index >= 15 is 0 Å². The van der Waals surface area contributed by atoms with E-state index in [0.29, 0.717) is 51.4 Å². The van der Waals surface area contributed by atoms with Crippen molar-refractivity contribution in [1.82, 2.24) is 68.0 Å². The SMILES string of the molecule is C.CC(=O)N[C@@H](Cc1ccccc1)C(=O)N[C@H]1CCCNC(=O)[C@H](CCCN=C(N)N)CC(=O)[C@H](Cc2c[nH]c3ccccc23)NC(=O)[C@@H](CC2CCCCC2)NC(=O)[C@@H]2CCCN2C1=O.CC(=O)N[C@@H](Cc1ccccc1)C(=O)N[C@H]1CCCNC(=O)[C@H](CCCN=C(N)N)CC(=O)[C@H](Cc2ccccc2)NC(=O)[C@@H](CC2CCCCC2)NC(=O)[C@@H]2CCCN2C1=O. The van der Waals surface area contributed by atoms with Crippen LogP contribution in [0, 0.1) is 23.7 Å². The summed E-state index contributed by atoms with van der Waals surface area (Å²) in [6.45, 7) is 3.86. The first-order chi connectivity index (χ1) is 61.2. The summed E-state index contributed by atoms with van der Waals surface area (Å²) in [4.78, 5) is 211. The Morgan fingerprint density at radius 1 is 0.438 bits per heavy atom. The number of para-hydroxylation sites is 1. The molecule has 19 N–H and O–H groups in total. The number of benzene rings is 4. The normalized spacial score (nSPS) is 23.6. The molecule has 5 heterocycles. The van der Waals surface area contributed by atoms with Gasteiger partial charge in [-0.1, -0.05) is 181 Å². The van der Waals surface area contributed by atoms with Gasteiger partial charge in [-0.3, -0.25) is 77.1 Å². The summed E-state index contributed by atoms with van der Waals surface area (Å²) in [5.41, 5.74) is 26.3. The number of ketones is 2. The number of carbonyl (C=O) groups excluding carboxylic acids is 14. The van der Waals surface area contributed by atoms with Crippen molar-refractivity contribution in [2.24, 2.45) is 56.6 Å². The second kappa shape index (κ2) is 51.1.